The van der Waals surface area contributed by atoms with Crippen molar-refractivity contribution in [3.05, 3.63) is 51.5 Å². The highest BCUT2D eigenvalue weighted by Crippen LogP contribution is 2.13. The van der Waals surface area contributed by atoms with Gasteiger partial charge >= 0.3 is 0 Å². The second kappa shape index (κ2) is 10.4. The van der Waals surface area contributed by atoms with Crippen molar-refractivity contribution in [2.24, 2.45) is 4.99 Å². The van der Waals surface area contributed by atoms with Crippen LogP contribution in [0, 0.1) is 0 Å². The molecule has 0 spiro atoms. The Labute approximate surface area is 165 Å². The third kappa shape index (κ3) is 7.28. The first kappa shape index (κ1) is 21.3. The maximum atomic E-state index is 11.7. The molecule has 2 rings (SSSR count). The van der Waals surface area contributed by atoms with Crippen LogP contribution in [0.3, 0.4) is 0 Å². The van der Waals surface area contributed by atoms with Crippen LogP contribution in [0.2, 0.25) is 0 Å². The van der Waals surface area contributed by atoms with E-state index in [0.29, 0.717) is 12.5 Å². The van der Waals surface area contributed by atoms with Gasteiger partial charge in [0.05, 0.1) is 10.8 Å². The first-order chi connectivity index (χ1) is 13.0. The Morgan fingerprint density at radius 2 is 2.04 bits per heavy atom. The molecule has 1 heterocycles. The summed E-state index contributed by atoms with van der Waals surface area (Å²) in [4.78, 5) is 9.93. The molecular formula is C18H27N5O2S2. The Hall–Kier alpha value is -1.97. The number of aromatic nitrogens is 1. The van der Waals surface area contributed by atoms with Crippen molar-refractivity contribution in [1.29, 1.82) is 0 Å². The second-order valence-electron chi connectivity index (χ2n) is 5.96. The molecule has 1 aromatic heterocycles. The van der Waals surface area contributed by atoms with Gasteiger partial charge in [0.25, 0.3) is 0 Å². The molecule has 0 atom stereocenters. The monoisotopic (exact) mass is 409 g/mol. The number of hydrogen-bond donors (Lipinski definition) is 3. The predicted octanol–water partition coefficient (Wildman–Crippen LogP) is 1.66. The molecule has 2 aromatic rings. The van der Waals surface area contributed by atoms with Crippen LogP contribution >= 0.6 is 11.3 Å². The minimum absolute atomic E-state index is 0.0299. The van der Waals surface area contributed by atoms with E-state index in [2.05, 4.69) is 32.3 Å². The topological polar surface area (TPSA) is 95.5 Å². The summed E-state index contributed by atoms with van der Waals surface area (Å²) in [6.07, 6.45) is 3.81. The number of hydrogen-bond acceptors (Lipinski definition) is 5. The summed E-state index contributed by atoms with van der Waals surface area (Å²) < 4.78 is 25.7. The van der Waals surface area contributed by atoms with E-state index in [-0.39, 0.29) is 5.75 Å². The number of nitrogens with zero attached hydrogens (tertiary/aromatic N) is 2. The molecule has 7 nitrogen and oxygen atoms in total. The van der Waals surface area contributed by atoms with Crippen LogP contribution in [-0.4, -0.2) is 40.0 Å². The van der Waals surface area contributed by atoms with Gasteiger partial charge in [-0.3, -0.25) is 4.99 Å². The summed E-state index contributed by atoms with van der Waals surface area (Å²) in [6, 6.07) is 7.51. The number of aliphatic imine (C=N–C) groups is 1. The van der Waals surface area contributed by atoms with Crippen LogP contribution in [0.1, 0.15) is 27.9 Å². The number of sulfonamides is 1. The first-order valence-corrected chi connectivity index (χ1v) is 11.3. The molecule has 0 radical (unpaired) electrons. The van der Waals surface area contributed by atoms with Crippen LogP contribution in [0.4, 0.5) is 0 Å². The van der Waals surface area contributed by atoms with Crippen molar-refractivity contribution in [3.8, 4) is 0 Å². The molecule has 27 heavy (non-hydrogen) atoms. The van der Waals surface area contributed by atoms with Crippen LogP contribution in [0.5, 0.6) is 0 Å². The third-order valence-electron chi connectivity index (χ3n) is 3.92. The molecule has 0 bridgehead atoms. The van der Waals surface area contributed by atoms with Crippen molar-refractivity contribution >= 4 is 27.3 Å². The maximum Gasteiger partial charge on any atom is 0.215 e. The average molecular weight is 410 g/mol. The predicted molar refractivity (Wildman–Crippen MR) is 112 cm³/mol. The van der Waals surface area contributed by atoms with Gasteiger partial charge in [-0.05, 0) is 24.6 Å². The Balaban J connectivity index is 1.83. The summed E-state index contributed by atoms with van der Waals surface area (Å²) in [7, 11) is -0.128. The van der Waals surface area contributed by atoms with E-state index in [1.165, 1.54) is 11.9 Å². The van der Waals surface area contributed by atoms with Gasteiger partial charge in [0.2, 0.25) is 10.0 Å². The fourth-order valence-electron chi connectivity index (χ4n) is 2.44. The lowest BCUT2D eigenvalue weighted by molar-refractivity contribution is 0.587. The van der Waals surface area contributed by atoms with Gasteiger partial charge in [0.1, 0.15) is 0 Å². The SMILES string of the molecule is CCc1cnc(CCNC(=NC)NCc2cccc(CS(=O)(=O)NC)c2)s1. The molecule has 9 heteroatoms. The summed E-state index contributed by atoms with van der Waals surface area (Å²) in [5.41, 5.74) is 1.75. The van der Waals surface area contributed by atoms with Gasteiger partial charge in [0, 0.05) is 37.6 Å². The average Bonchev–Trinajstić information content (AvgIpc) is 3.12. The van der Waals surface area contributed by atoms with Gasteiger partial charge < -0.3 is 10.6 Å². The van der Waals surface area contributed by atoms with Gasteiger partial charge in [-0.25, -0.2) is 18.1 Å². The zero-order valence-corrected chi connectivity index (χ0v) is 17.6. The zero-order chi connectivity index (χ0) is 19.7. The lowest BCUT2D eigenvalue weighted by atomic mass is 10.1. The molecule has 0 aliphatic carbocycles. The van der Waals surface area contributed by atoms with E-state index in [0.717, 1.165) is 35.5 Å². The number of rotatable bonds is 9. The number of nitrogens with one attached hydrogen (secondary N) is 3. The number of guanidine groups is 1. The van der Waals surface area contributed by atoms with Crippen molar-refractivity contribution < 1.29 is 8.42 Å². The fraction of sp³-hybridized carbons (Fsp3) is 0.444. The van der Waals surface area contributed by atoms with Crippen molar-refractivity contribution in [2.45, 2.75) is 32.1 Å². The molecular weight excluding hydrogens is 382 g/mol. The minimum atomic E-state index is -3.28. The molecule has 0 aliphatic rings. The van der Waals surface area contributed by atoms with Gasteiger partial charge in [-0.2, -0.15) is 0 Å². The Bertz CT molecular complexity index is 862. The maximum absolute atomic E-state index is 11.7. The van der Waals surface area contributed by atoms with Gasteiger partial charge in [-0.15, -0.1) is 11.3 Å². The van der Waals surface area contributed by atoms with Crippen molar-refractivity contribution in [1.82, 2.24) is 20.3 Å². The van der Waals surface area contributed by atoms with Crippen LogP contribution < -0.4 is 15.4 Å². The number of thiazole rings is 1. The molecule has 3 N–H and O–H groups in total. The first-order valence-electron chi connectivity index (χ1n) is 8.83. The smallest absolute Gasteiger partial charge is 0.215 e. The van der Waals surface area contributed by atoms with E-state index in [1.54, 1.807) is 18.4 Å². The Kier molecular flexibility index (Phi) is 8.21. The third-order valence-corrected chi connectivity index (χ3v) is 6.46. The van der Waals surface area contributed by atoms with Crippen LogP contribution in [-0.2, 0) is 35.2 Å². The second-order valence-corrected chi connectivity index (χ2v) is 9.09. The highest BCUT2D eigenvalue weighted by Gasteiger charge is 2.09. The molecule has 0 aliphatic heterocycles. The number of benzene rings is 1. The lowest BCUT2D eigenvalue weighted by Gasteiger charge is -2.12. The molecule has 0 unspecified atom stereocenters. The molecule has 148 valence electrons. The largest absolute Gasteiger partial charge is 0.356 e. The highest BCUT2D eigenvalue weighted by molar-refractivity contribution is 7.88. The van der Waals surface area contributed by atoms with E-state index >= 15 is 0 Å². The fourth-order valence-corrected chi connectivity index (χ4v) is 4.07. The summed E-state index contributed by atoms with van der Waals surface area (Å²) >= 11 is 1.74. The highest BCUT2D eigenvalue weighted by atomic mass is 32.2. The van der Waals surface area contributed by atoms with Gasteiger partial charge in [-0.1, -0.05) is 31.2 Å². The minimum Gasteiger partial charge on any atom is -0.356 e. The quantitative estimate of drug-likeness (QED) is 0.432. The summed E-state index contributed by atoms with van der Waals surface area (Å²) in [5.74, 6) is 0.674. The molecule has 0 fully saturated rings. The molecule has 0 amide bonds. The molecule has 0 saturated heterocycles. The van der Waals surface area contributed by atoms with Crippen molar-refractivity contribution in [3.63, 3.8) is 0 Å². The van der Waals surface area contributed by atoms with Gasteiger partial charge in [0.15, 0.2) is 5.96 Å². The Morgan fingerprint density at radius 1 is 1.26 bits per heavy atom. The van der Waals surface area contributed by atoms with Crippen molar-refractivity contribution in [2.75, 3.05) is 20.6 Å². The zero-order valence-electron chi connectivity index (χ0n) is 15.9. The number of aryl methyl sites for hydroxylation is 1. The molecule has 0 saturated carbocycles. The van der Waals surface area contributed by atoms with E-state index < -0.39 is 10.0 Å². The van der Waals surface area contributed by atoms with Crippen LogP contribution in [0.25, 0.3) is 0 Å². The van der Waals surface area contributed by atoms with Crippen LogP contribution in [0.15, 0.2) is 35.5 Å². The van der Waals surface area contributed by atoms with E-state index in [9.17, 15) is 8.42 Å². The normalized spacial score (nSPS) is 12.2. The van der Waals surface area contributed by atoms with E-state index in [1.807, 2.05) is 30.5 Å². The summed E-state index contributed by atoms with van der Waals surface area (Å²) in [6.45, 7) is 3.44. The van der Waals surface area contributed by atoms with E-state index in [4.69, 9.17) is 0 Å². The lowest BCUT2D eigenvalue weighted by Crippen LogP contribution is -2.37. The summed E-state index contributed by atoms with van der Waals surface area (Å²) in [5, 5.41) is 7.65. The Morgan fingerprint density at radius 3 is 2.70 bits per heavy atom. The standard InChI is InChI=1S/C18H27N5O2S2/c1-4-16-12-22-17(26-16)8-9-21-18(19-2)23-11-14-6-5-7-15(10-14)13-27(24,25)20-3/h5-7,10,12,20H,4,8-9,11,13H2,1-3H3,(H2,19,21,23). The molecule has 1 aromatic carbocycles.